The molecule has 0 bridgehead atoms. The van der Waals surface area contributed by atoms with Crippen LogP contribution in [0.15, 0.2) is 30.3 Å². The molecule has 0 amide bonds. The van der Waals surface area contributed by atoms with Gasteiger partial charge in [-0.2, -0.15) is 0 Å². The molecule has 0 saturated carbocycles. The maximum atomic E-state index is 5.21. The van der Waals surface area contributed by atoms with E-state index < -0.39 is 6.13 Å². The van der Waals surface area contributed by atoms with Crippen molar-refractivity contribution in [3.8, 4) is 0 Å². The van der Waals surface area contributed by atoms with Crippen LogP contribution in [0.4, 0.5) is 0 Å². The average molecular weight is 204 g/mol. The van der Waals surface area contributed by atoms with Crippen LogP contribution in [0.1, 0.15) is 5.56 Å². The van der Waals surface area contributed by atoms with Gasteiger partial charge in [0.25, 0.3) is 0 Å². The molecule has 0 saturated heterocycles. The molecule has 1 atom stereocenters. The van der Waals surface area contributed by atoms with Crippen LogP contribution in [-0.2, 0) is 22.9 Å². The van der Waals surface area contributed by atoms with E-state index in [1.807, 2.05) is 30.3 Å². The fraction of sp³-hybridized carbons (Fsp3) is 0.143. The second-order valence-electron chi connectivity index (χ2n) is 2.04. The molecule has 0 aliphatic carbocycles. The summed E-state index contributed by atoms with van der Waals surface area (Å²) < 4.78 is 5.21. The van der Waals surface area contributed by atoms with Gasteiger partial charge in [-0.1, -0.05) is 42.1 Å². The summed E-state index contributed by atoms with van der Waals surface area (Å²) in [6, 6.07) is 9.95. The van der Waals surface area contributed by atoms with Crippen molar-refractivity contribution in [2.24, 2.45) is 0 Å². The largest absolute Gasteiger partial charge is 0.339 e. The lowest BCUT2D eigenvalue weighted by molar-refractivity contribution is 0.358. The quantitative estimate of drug-likeness (QED) is 0.598. The van der Waals surface area contributed by atoms with Crippen LogP contribution in [0.5, 0.6) is 0 Å². The third kappa shape index (κ3) is 3.92. The first kappa shape index (κ1) is 9.27. The van der Waals surface area contributed by atoms with Crippen molar-refractivity contribution < 1.29 is 4.52 Å². The molecule has 0 aromatic heterocycles. The first-order chi connectivity index (χ1) is 5.29. The molecule has 0 radical (unpaired) electrons. The van der Waals surface area contributed by atoms with Gasteiger partial charge in [-0.3, -0.25) is 0 Å². The minimum Gasteiger partial charge on any atom is -0.339 e. The third-order valence-corrected chi connectivity index (χ3v) is 2.34. The van der Waals surface area contributed by atoms with E-state index in [9.17, 15) is 0 Å². The van der Waals surface area contributed by atoms with Crippen LogP contribution in [0.3, 0.4) is 0 Å². The first-order valence-corrected chi connectivity index (χ1v) is 7.01. The summed E-state index contributed by atoms with van der Waals surface area (Å²) in [5, 5.41) is 0. The van der Waals surface area contributed by atoms with Crippen LogP contribution in [0, 0.1) is 0 Å². The molecule has 60 valence electrons. The lowest BCUT2D eigenvalue weighted by atomic mass is 10.2. The number of hydrogen-bond donors (Lipinski definition) is 1. The lowest BCUT2D eigenvalue weighted by Gasteiger charge is -2.00. The Morgan fingerprint density at radius 2 is 2.00 bits per heavy atom. The molecule has 0 spiro atoms. The molecule has 4 heteroatoms. The van der Waals surface area contributed by atoms with Gasteiger partial charge in [-0.15, -0.1) is 12.2 Å². The molecule has 1 nitrogen and oxygen atoms in total. The predicted molar refractivity (Wildman–Crippen MR) is 55.9 cm³/mol. The van der Waals surface area contributed by atoms with Gasteiger partial charge in [0.05, 0.1) is 6.61 Å². The Bertz CT molecular complexity index is 237. The average Bonchev–Trinajstić information content (AvgIpc) is 2.03. The minimum absolute atomic E-state index is 0.585. The molecule has 1 aromatic carbocycles. The molecule has 0 N–H and O–H groups in total. The van der Waals surface area contributed by atoms with E-state index in [0.29, 0.717) is 6.61 Å². The summed E-state index contributed by atoms with van der Waals surface area (Å²) in [6.07, 6.45) is -1.25. The molecule has 1 rings (SSSR count). The molecule has 0 heterocycles. The summed E-state index contributed by atoms with van der Waals surface area (Å²) in [5.41, 5.74) is 1.15. The Morgan fingerprint density at radius 1 is 1.36 bits per heavy atom. The summed E-state index contributed by atoms with van der Waals surface area (Å²) in [7, 11) is 0. The molecular formula is C7H9OPS2. The number of benzene rings is 1. The van der Waals surface area contributed by atoms with E-state index in [1.165, 1.54) is 0 Å². The van der Waals surface area contributed by atoms with E-state index in [-0.39, 0.29) is 0 Å². The van der Waals surface area contributed by atoms with E-state index in [2.05, 4.69) is 12.2 Å². The van der Waals surface area contributed by atoms with Crippen LogP contribution in [0.25, 0.3) is 0 Å². The summed E-state index contributed by atoms with van der Waals surface area (Å²) in [5.74, 6) is 0. The van der Waals surface area contributed by atoms with E-state index in [1.54, 1.807) is 0 Å². The van der Waals surface area contributed by atoms with E-state index in [4.69, 9.17) is 16.3 Å². The molecule has 1 unspecified atom stereocenters. The van der Waals surface area contributed by atoms with Crippen LogP contribution in [-0.4, -0.2) is 0 Å². The van der Waals surface area contributed by atoms with Gasteiger partial charge in [-0.25, -0.2) is 0 Å². The maximum Gasteiger partial charge on any atom is 0.105 e. The van der Waals surface area contributed by atoms with Crippen molar-refractivity contribution in [3.05, 3.63) is 35.9 Å². The standard InChI is InChI=1S/C7H9OPS2/c10-9(11)8-6-7-4-2-1-3-5-7/h1-5,9H,6H2,(H,10,11). The van der Waals surface area contributed by atoms with Crippen molar-refractivity contribution in [2.75, 3.05) is 0 Å². The molecule has 0 aliphatic heterocycles. The molecule has 0 aliphatic rings. The van der Waals surface area contributed by atoms with Crippen molar-refractivity contribution in [2.45, 2.75) is 6.61 Å². The molecule has 1 aromatic rings. The number of thiol groups is 1. The van der Waals surface area contributed by atoms with E-state index >= 15 is 0 Å². The second kappa shape index (κ2) is 4.94. The Morgan fingerprint density at radius 3 is 2.55 bits per heavy atom. The smallest absolute Gasteiger partial charge is 0.105 e. The van der Waals surface area contributed by atoms with Gasteiger partial charge in [0.2, 0.25) is 0 Å². The van der Waals surface area contributed by atoms with Gasteiger partial charge in [0, 0.05) is 0 Å². The second-order valence-corrected chi connectivity index (χ2v) is 6.10. The van der Waals surface area contributed by atoms with Gasteiger partial charge in [-0.05, 0) is 5.56 Å². The zero-order valence-electron chi connectivity index (χ0n) is 5.86. The summed E-state index contributed by atoms with van der Waals surface area (Å²) in [4.78, 5) is 0. The number of hydrogen-bond acceptors (Lipinski definition) is 2. The molecule has 0 fully saturated rings. The molecular weight excluding hydrogens is 195 g/mol. The van der Waals surface area contributed by atoms with Crippen molar-refractivity contribution in [1.82, 2.24) is 0 Å². The topological polar surface area (TPSA) is 9.23 Å². The predicted octanol–water partition coefficient (Wildman–Crippen LogP) is 2.64. The Kier molecular flexibility index (Phi) is 4.16. The fourth-order valence-corrected chi connectivity index (χ4v) is 1.38. The van der Waals surface area contributed by atoms with Gasteiger partial charge < -0.3 is 4.52 Å². The zero-order chi connectivity index (χ0) is 8.10. The van der Waals surface area contributed by atoms with Crippen molar-refractivity contribution >= 4 is 30.2 Å². The van der Waals surface area contributed by atoms with Crippen molar-refractivity contribution in [3.63, 3.8) is 0 Å². The van der Waals surface area contributed by atoms with Crippen LogP contribution >= 0.6 is 18.4 Å². The lowest BCUT2D eigenvalue weighted by Crippen LogP contribution is -1.81. The van der Waals surface area contributed by atoms with Gasteiger partial charge in [0.1, 0.15) is 6.13 Å². The minimum atomic E-state index is -1.25. The van der Waals surface area contributed by atoms with Crippen LogP contribution < -0.4 is 0 Å². The number of rotatable bonds is 3. The van der Waals surface area contributed by atoms with E-state index in [0.717, 1.165) is 5.56 Å². The molecule has 11 heavy (non-hydrogen) atoms. The Hall–Kier alpha value is 0.180. The highest BCUT2D eigenvalue weighted by Gasteiger charge is 1.90. The third-order valence-electron chi connectivity index (χ3n) is 1.21. The Labute approximate surface area is 77.4 Å². The highest BCUT2D eigenvalue weighted by Crippen LogP contribution is 2.28. The van der Waals surface area contributed by atoms with Gasteiger partial charge >= 0.3 is 0 Å². The normalized spacial score (nSPS) is 12.8. The first-order valence-electron chi connectivity index (χ1n) is 3.18. The Balaban J connectivity index is 2.45. The maximum absolute atomic E-state index is 5.21. The highest BCUT2D eigenvalue weighted by molar-refractivity contribution is 8.54. The highest BCUT2D eigenvalue weighted by atomic mass is 32.9. The SMILES string of the molecule is S=[PH](S)OCc1ccccc1. The van der Waals surface area contributed by atoms with Gasteiger partial charge in [0.15, 0.2) is 0 Å². The summed E-state index contributed by atoms with van der Waals surface area (Å²) in [6.45, 7) is 0.585. The zero-order valence-corrected chi connectivity index (χ0v) is 8.57. The van der Waals surface area contributed by atoms with Crippen LogP contribution in [0.2, 0.25) is 0 Å². The monoisotopic (exact) mass is 204 g/mol. The summed E-state index contributed by atoms with van der Waals surface area (Å²) >= 11 is 8.84. The van der Waals surface area contributed by atoms with Crippen molar-refractivity contribution in [1.29, 1.82) is 0 Å². The fourth-order valence-electron chi connectivity index (χ4n) is 0.719.